The topological polar surface area (TPSA) is 47.6 Å². The molecule has 2 rings (SSSR count). The quantitative estimate of drug-likeness (QED) is 0.737. The normalized spacial score (nSPS) is 30.2. The molecular formula is C14H28N4O. The van der Waals surface area contributed by atoms with Crippen LogP contribution in [0.25, 0.3) is 0 Å². The van der Waals surface area contributed by atoms with E-state index in [4.69, 9.17) is 0 Å². The van der Waals surface area contributed by atoms with Crippen molar-refractivity contribution in [2.75, 3.05) is 52.9 Å². The highest BCUT2D eigenvalue weighted by atomic mass is 16.2. The van der Waals surface area contributed by atoms with Gasteiger partial charge in [-0.3, -0.25) is 9.69 Å². The average Bonchev–Trinajstić information content (AvgIpc) is 2.41. The minimum absolute atomic E-state index is 0.0243. The number of piperidine rings is 1. The number of rotatable bonds is 4. The lowest BCUT2D eigenvalue weighted by Crippen LogP contribution is -2.51. The molecule has 2 saturated heterocycles. The summed E-state index contributed by atoms with van der Waals surface area (Å²) in [6.45, 7) is 9.45. The van der Waals surface area contributed by atoms with E-state index in [1.54, 1.807) is 0 Å². The van der Waals surface area contributed by atoms with Gasteiger partial charge in [-0.2, -0.15) is 0 Å². The predicted octanol–water partition coefficient (Wildman–Crippen LogP) is -0.262. The number of nitrogens with one attached hydrogen (secondary N) is 2. The van der Waals surface area contributed by atoms with Crippen LogP contribution < -0.4 is 10.6 Å². The number of carbonyl (C=O) groups excluding carboxylic acids is 1. The van der Waals surface area contributed by atoms with E-state index in [1.807, 2.05) is 0 Å². The maximum atomic E-state index is 12.0. The van der Waals surface area contributed by atoms with Crippen molar-refractivity contribution in [1.29, 1.82) is 0 Å². The minimum atomic E-state index is 0.0243. The van der Waals surface area contributed by atoms with Crippen molar-refractivity contribution in [3.05, 3.63) is 0 Å². The molecule has 5 heteroatoms. The number of amides is 1. The van der Waals surface area contributed by atoms with Gasteiger partial charge in [-0.05, 0) is 32.4 Å². The summed E-state index contributed by atoms with van der Waals surface area (Å²) < 4.78 is 0. The monoisotopic (exact) mass is 268 g/mol. The molecule has 0 aromatic rings. The highest BCUT2D eigenvalue weighted by Crippen LogP contribution is 2.14. The maximum Gasteiger partial charge on any atom is 0.237 e. The molecule has 0 saturated carbocycles. The van der Waals surface area contributed by atoms with Crippen molar-refractivity contribution in [2.24, 2.45) is 5.92 Å². The second kappa shape index (κ2) is 7.22. The summed E-state index contributed by atoms with van der Waals surface area (Å²) in [5.41, 5.74) is 0. The van der Waals surface area contributed by atoms with Crippen molar-refractivity contribution in [3.63, 3.8) is 0 Å². The summed E-state index contributed by atoms with van der Waals surface area (Å²) in [4.78, 5) is 16.8. The van der Waals surface area contributed by atoms with Gasteiger partial charge in [0.05, 0.1) is 6.04 Å². The first kappa shape index (κ1) is 14.8. The first-order valence-corrected chi connectivity index (χ1v) is 7.57. The lowest BCUT2D eigenvalue weighted by molar-refractivity contribution is -0.124. The Morgan fingerprint density at radius 1 is 1.32 bits per heavy atom. The summed E-state index contributed by atoms with van der Waals surface area (Å²) >= 11 is 0. The van der Waals surface area contributed by atoms with Gasteiger partial charge in [0.1, 0.15) is 0 Å². The average molecular weight is 268 g/mol. The van der Waals surface area contributed by atoms with Gasteiger partial charge >= 0.3 is 0 Å². The van der Waals surface area contributed by atoms with E-state index in [0.29, 0.717) is 5.92 Å². The first-order valence-electron chi connectivity index (χ1n) is 7.57. The summed E-state index contributed by atoms with van der Waals surface area (Å²) in [6, 6.07) is 0.0243. The van der Waals surface area contributed by atoms with Crippen LogP contribution in [0.4, 0.5) is 0 Å². The lowest BCUT2D eigenvalue weighted by atomic mass is 9.94. The Bertz CT molecular complexity index is 289. The number of carbonyl (C=O) groups is 1. The van der Waals surface area contributed by atoms with E-state index in [1.165, 1.54) is 6.42 Å². The lowest BCUT2D eigenvalue weighted by Gasteiger charge is -2.32. The van der Waals surface area contributed by atoms with Crippen LogP contribution in [0.2, 0.25) is 0 Å². The molecule has 1 amide bonds. The molecule has 2 fully saturated rings. The van der Waals surface area contributed by atoms with E-state index >= 15 is 0 Å². The fourth-order valence-electron chi connectivity index (χ4n) is 2.84. The van der Waals surface area contributed by atoms with Crippen LogP contribution in [-0.4, -0.2) is 74.6 Å². The molecule has 19 heavy (non-hydrogen) atoms. The fourth-order valence-corrected chi connectivity index (χ4v) is 2.84. The molecule has 0 aliphatic carbocycles. The fraction of sp³-hybridized carbons (Fsp3) is 0.929. The molecule has 2 aliphatic heterocycles. The Morgan fingerprint density at radius 2 is 2.05 bits per heavy atom. The third kappa shape index (κ3) is 4.75. The Labute approximate surface area is 116 Å². The molecule has 2 heterocycles. The van der Waals surface area contributed by atoms with Crippen LogP contribution in [0.15, 0.2) is 0 Å². The summed E-state index contributed by atoms with van der Waals surface area (Å²) in [7, 11) is 2.16. The van der Waals surface area contributed by atoms with Gasteiger partial charge in [-0.1, -0.05) is 6.92 Å². The van der Waals surface area contributed by atoms with Crippen LogP contribution in [0, 0.1) is 5.92 Å². The van der Waals surface area contributed by atoms with E-state index < -0.39 is 0 Å². The largest absolute Gasteiger partial charge is 0.353 e. The first-order chi connectivity index (χ1) is 9.15. The molecule has 110 valence electrons. The van der Waals surface area contributed by atoms with Crippen molar-refractivity contribution < 1.29 is 4.79 Å². The zero-order chi connectivity index (χ0) is 13.7. The third-order valence-corrected chi connectivity index (χ3v) is 4.31. The van der Waals surface area contributed by atoms with Gasteiger partial charge < -0.3 is 15.5 Å². The smallest absolute Gasteiger partial charge is 0.237 e. The highest BCUT2D eigenvalue weighted by Gasteiger charge is 2.24. The molecule has 2 aliphatic rings. The summed E-state index contributed by atoms with van der Waals surface area (Å²) in [5, 5.41) is 6.39. The van der Waals surface area contributed by atoms with Gasteiger partial charge in [0.25, 0.3) is 0 Å². The number of likely N-dealkylation sites (N-methyl/N-ethyl adjacent to an activating group) is 1. The molecule has 0 aromatic carbocycles. The van der Waals surface area contributed by atoms with E-state index in [9.17, 15) is 4.79 Å². The summed E-state index contributed by atoms with van der Waals surface area (Å²) in [6.07, 6.45) is 2.16. The number of nitrogens with zero attached hydrogens (tertiary/aromatic N) is 2. The van der Waals surface area contributed by atoms with Crippen molar-refractivity contribution >= 4 is 5.91 Å². The van der Waals surface area contributed by atoms with Gasteiger partial charge in [0.2, 0.25) is 5.91 Å². The molecular weight excluding hydrogens is 240 g/mol. The van der Waals surface area contributed by atoms with Crippen LogP contribution in [0.3, 0.4) is 0 Å². The summed E-state index contributed by atoms with van der Waals surface area (Å²) in [5.74, 6) is 0.843. The molecule has 2 N–H and O–H groups in total. The second-order valence-electron chi connectivity index (χ2n) is 6.07. The Morgan fingerprint density at radius 3 is 2.74 bits per heavy atom. The van der Waals surface area contributed by atoms with E-state index in [0.717, 1.165) is 52.2 Å². The zero-order valence-electron chi connectivity index (χ0n) is 12.3. The molecule has 5 nitrogen and oxygen atoms in total. The van der Waals surface area contributed by atoms with Crippen molar-refractivity contribution in [3.8, 4) is 0 Å². The molecule has 2 atom stereocenters. The SMILES string of the molecule is CC1CCNC(C(=O)NCCN2CCN(C)CC2)C1. The number of hydrogen-bond donors (Lipinski definition) is 2. The molecule has 0 spiro atoms. The predicted molar refractivity (Wildman–Crippen MR) is 77.1 cm³/mol. The van der Waals surface area contributed by atoms with Gasteiger partial charge in [0, 0.05) is 39.3 Å². The van der Waals surface area contributed by atoms with Gasteiger partial charge in [-0.15, -0.1) is 0 Å². The Hall–Kier alpha value is -0.650. The molecule has 0 radical (unpaired) electrons. The second-order valence-corrected chi connectivity index (χ2v) is 6.07. The zero-order valence-corrected chi connectivity index (χ0v) is 12.3. The van der Waals surface area contributed by atoms with Crippen molar-refractivity contribution in [2.45, 2.75) is 25.8 Å². The van der Waals surface area contributed by atoms with Gasteiger partial charge in [0.15, 0.2) is 0 Å². The van der Waals surface area contributed by atoms with Crippen LogP contribution in [-0.2, 0) is 4.79 Å². The maximum absolute atomic E-state index is 12.0. The molecule has 2 unspecified atom stereocenters. The Kier molecular flexibility index (Phi) is 5.60. The minimum Gasteiger partial charge on any atom is -0.353 e. The number of hydrogen-bond acceptors (Lipinski definition) is 4. The third-order valence-electron chi connectivity index (χ3n) is 4.31. The van der Waals surface area contributed by atoms with Gasteiger partial charge in [-0.25, -0.2) is 0 Å². The van der Waals surface area contributed by atoms with E-state index in [2.05, 4.69) is 34.4 Å². The van der Waals surface area contributed by atoms with E-state index in [-0.39, 0.29) is 11.9 Å². The molecule has 0 bridgehead atoms. The number of piperazine rings is 1. The van der Waals surface area contributed by atoms with Crippen LogP contribution in [0.1, 0.15) is 19.8 Å². The van der Waals surface area contributed by atoms with Crippen LogP contribution >= 0.6 is 0 Å². The molecule has 0 aromatic heterocycles. The van der Waals surface area contributed by atoms with Crippen molar-refractivity contribution in [1.82, 2.24) is 20.4 Å². The Balaban J connectivity index is 1.61. The highest BCUT2D eigenvalue weighted by molar-refractivity contribution is 5.81. The standard InChI is InChI=1S/C14H28N4O/c1-12-3-4-15-13(11-12)14(19)16-5-6-18-9-7-17(2)8-10-18/h12-13,15H,3-11H2,1-2H3,(H,16,19). The van der Waals surface area contributed by atoms with Crippen LogP contribution in [0.5, 0.6) is 0 Å².